The molecule has 1 nitrogen and oxygen atoms in total. The third kappa shape index (κ3) is 1.08. The summed E-state index contributed by atoms with van der Waals surface area (Å²) >= 11 is 0. The summed E-state index contributed by atoms with van der Waals surface area (Å²) in [6, 6.07) is 0. The highest BCUT2D eigenvalue weighted by atomic mass is 14.9. The molecule has 2 rings (SSSR count). The summed E-state index contributed by atoms with van der Waals surface area (Å²) in [6.45, 7) is 8.85. The number of benzene rings is 1. The summed E-state index contributed by atoms with van der Waals surface area (Å²) < 4.78 is 2.14. The Labute approximate surface area is 85.4 Å². The van der Waals surface area contributed by atoms with Gasteiger partial charge in [0, 0.05) is 30.2 Å². The van der Waals surface area contributed by atoms with Gasteiger partial charge in [0.05, 0.1) is 0 Å². The van der Waals surface area contributed by atoms with Gasteiger partial charge in [-0.3, -0.25) is 0 Å². The van der Waals surface area contributed by atoms with Gasteiger partial charge >= 0.3 is 0 Å². The number of rotatable bonds is 0. The van der Waals surface area contributed by atoms with Gasteiger partial charge < -0.3 is 4.57 Å². The smallest absolute Gasteiger partial charge is 0.0113 e. The number of hydrogen-bond acceptors (Lipinski definition) is 0. The van der Waals surface area contributed by atoms with Crippen LogP contribution in [0.3, 0.4) is 0 Å². The molecule has 0 radical (unpaired) electrons. The standard InChI is InChI=1S/C13H17N/c1-8-9(2)11(4)13-7-14(5)6-12(13)10(8)3/h6-7H,1-5H3. The number of aromatic nitrogens is 1. The third-order valence-corrected chi connectivity index (χ3v) is 3.45. The number of hydrogen-bond donors (Lipinski definition) is 0. The Hall–Kier alpha value is -1.24. The van der Waals surface area contributed by atoms with Crippen LogP contribution >= 0.6 is 0 Å². The maximum atomic E-state index is 2.21. The summed E-state index contributed by atoms with van der Waals surface area (Å²) in [4.78, 5) is 0. The van der Waals surface area contributed by atoms with E-state index in [9.17, 15) is 0 Å². The van der Waals surface area contributed by atoms with Crippen molar-refractivity contribution in [3.63, 3.8) is 0 Å². The van der Waals surface area contributed by atoms with Gasteiger partial charge in [0.15, 0.2) is 0 Å². The molecule has 1 aromatic heterocycles. The van der Waals surface area contributed by atoms with Gasteiger partial charge in [-0.15, -0.1) is 0 Å². The van der Waals surface area contributed by atoms with E-state index < -0.39 is 0 Å². The van der Waals surface area contributed by atoms with Crippen LogP contribution in [0, 0.1) is 27.7 Å². The van der Waals surface area contributed by atoms with Crippen LogP contribution in [0.25, 0.3) is 10.8 Å². The molecule has 0 aliphatic carbocycles. The van der Waals surface area contributed by atoms with Gasteiger partial charge in [-0.25, -0.2) is 0 Å². The quantitative estimate of drug-likeness (QED) is 0.595. The highest BCUT2D eigenvalue weighted by Crippen LogP contribution is 2.29. The summed E-state index contributed by atoms with van der Waals surface area (Å²) in [7, 11) is 2.09. The number of aryl methyl sites for hydroxylation is 3. The second-order valence-corrected chi connectivity index (χ2v) is 4.25. The summed E-state index contributed by atoms with van der Waals surface area (Å²) in [5.41, 5.74) is 5.70. The van der Waals surface area contributed by atoms with E-state index in [0.29, 0.717) is 0 Å². The van der Waals surface area contributed by atoms with E-state index in [1.807, 2.05) is 0 Å². The monoisotopic (exact) mass is 187 g/mol. The Kier molecular flexibility index (Phi) is 1.91. The van der Waals surface area contributed by atoms with Gasteiger partial charge in [0.2, 0.25) is 0 Å². The van der Waals surface area contributed by atoms with E-state index in [-0.39, 0.29) is 0 Å². The maximum Gasteiger partial charge on any atom is 0.0113 e. The second-order valence-electron chi connectivity index (χ2n) is 4.25. The maximum absolute atomic E-state index is 2.21. The Morgan fingerprint density at radius 3 is 1.43 bits per heavy atom. The van der Waals surface area contributed by atoms with Gasteiger partial charge in [-0.2, -0.15) is 0 Å². The summed E-state index contributed by atoms with van der Waals surface area (Å²) in [5.74, 6) is 0. The molecule has 0 aliphatic rings. The SMILES string of the molecule is Cc1c(C)c(C)c2cn(C)cc2c1C. The van der Waals surface area contributed by atoms with Crippen molar-refractivity contribution in [3.8, 4) is 0 Å². The van der Waals surface area contributed by atoms with Crippen LogP contribution in [0.1, 0.15) is 22.3 Å². The van der Waals surface area contributed by atoms with Crippen molar-refractivity contribution in [2.45, 2.75) is 27.7 Å². The van der Waals surface area contributed by atoms with Crippen molar-refractivity contribution in [3.05, 3.63) is 34.6 Å². The molecule has 1 heterocycles. The fraction of sp³-hybridized carbons (Fsp3) is 0.385. The Morgan fingerprint density at radius 2 is 1.07 bits per heavy atom. The van der Waals surface area contributed by atoms with Crippen molar-refractivity contribution in [2.75, 3.05) is 0 Å². The van der Waals surface area contributed by atoms with Crippen molar-refractivity contribution in [1.29, 1.82) is 0 Å². The molecule has 0 fully saturated rings. The largest absolute Gasteiger partial charge is 0.356 e. The molecule has 1 heteroatoms. The number of fused-ring (bicyclic) bond motifs is 1. The average Bonchev–Trinajstić information content (AvgIpc) is 2.54. The Balaban J connectivity index is 3.01. The van der Waals surface area contributed by atoms with E-state index in [2.05, 4.69) is 51.7 Å². The normalized spacial score (nSPS) is 11.2. The van der Waals surface area contributed by atoms with E-state index in [0.717, 1.165) is 0 Å². The summed E-state index contributed by atoms with van der Waals surface area (Å²) in [6.07, 6.45) is 4.42. The first-order valence-corrected chi connectivity index (χ1v) is 5.04. The lowest BCUT2D eigenvalue weighted by Crippen LogP contribution is -1.91. The molecule has 0 amide bonds. The molecule has 2 aromatic rings. The van der Waals surface area contributed by atoms with Crippen LogP contribution in [0.2, 0.25) is 0 Å². The van der Waals surface area contributed by atoms with Crippen molar-refractivity contribution >= 4 is 10.8 Å². The minimum atomic E-state index is 1.40. The van der Waals surface area contributed by atoms with E-state index in [1.54, 1.807) is 0 Å². The molecular formula is C13H17N. The third-order valence-electron chi connectivity index (χ3n) is 3.45. The van der Waals surface area contributed by atoms with Crippen LogP contribution in [0.5, 0.6) is 0 Å². The highest BCUT2D eigenvalue weighted by molar-refractivity contribution is 5.90. The molecular weight excluding hydrogens is 170 g/mol. The molecule has 0 saturated carbocycles. The number of nitrogens with zero attached hydrogens (tertiary/aromatic N) is 1. The molecule has 14 heavy (non-hydrogen) atoms. The predicted molar refractivity (Wildman–Crippen MR) is 61.9 cm³/mol. The van der Waals surface area contributed by atoms with Gasteiger partial charge in [0.25, 0.3) is 0 Å². The lowest BCUT2D eigenvalue weighted by molar-refractivity contribution is 0.933. The lowest BCUT2D eigenvalue weighted by atomic mass is 9.94. The molecule has 0 bridgehead atoms. The minimum Gasteiger partial charge on any atom is -0.356 e. The van der Waals surface area contributed by atoms with Gasteiger partial charge in [-0.05, 0) is 49.9 Å². The van der Waals surface area contributed by atoms with Crippen LogP contribution in [0.4, 0.5) is 0 Å². The molecule has 0 unspecified atom stereocenters. The van der Waals surface area contributed by atoms with Gasteiger partial charge in [-0.1, -0.05) is 0 Å². The average molecular weight is 187 g/mol. The van der Waals surface area contributed by atoms with Crippen LogP contribution in [-0.4, -0.2) is 4.57 Å². The summed E-state index contributed by atoms with van der Waals surface area (Å²) in [5, 5.41) is 2.79. The fourth-order valence-electron chi connectivity index (χ4n) is 2.15. The first kappa shape index (κ1) is 9.32. The zero-order chi connectivity index (χ0) is 10.5. The topological polar surface area (TPSA) is 4.93 Å². The van der Waals surface area contributed by atoms with Crippen molar-refractivity contribution < 1.29 is 0 Å². The fourth-order valence-corrected chi connectivity index (χ4v) is 2.15. The zero-order valence-electron chi connectivity index (χ0n) is 9.60. The second kappa shape index (κ2) is 2.88. The van der Waals surface area contributed by atoms with Crippen LogP contribution in [-0.2, 0) is 7.05 Å². The molecule has 0 N–H and O–H groups in total. The predicted octanol–water partition coefficient (Wildman–Crippen LogP) is 3.41. The first-order valence-electron chi connectivity index (χ1n) is 5.04. The molecule has 0 saturated heterocycles. The molecule has 1 aromatic carbocycles. The van der Waals surface area contributed by atoms with Gasteiger partial charge in [0.1, 0.15) is 0 Å². The molecule has 0 atom stereocenters. The Bertz CT molecular complexity index is 459. The van der Waals surface area contributed by atoms with E-state index >= 15 is 0 Å². The van der Waals surface area contributed by atoms with Crippen molar-refractivity contribution in [1.82, 2.24) is 4.57 Å². The minimum absolute atomic E-state index is 1.40. The van der Waals surface area contributed by atoms with E-state index in [4.69, 9.17) is 0 Å². The lowest BCUT2D eigenvalue weighted by Gasteiger charge is -2.10. The molecule has 0 spiro atoms. The highest BCUT2D eigenvalue weighted by Gasteiger charge is 2.09. The van der Waals surface area contributed by atoms with Crippen molar-refractivity contribution in [2.24, 2.45) is 7.05 Å². The molecule has 74 valence electrons. The van der Waals surface area contributed by atoms with E-state index in [1.165, 1.54) is 33.0 Å². The first-order chi connectivity index (χ1) is 6.52. The molecule has 0 aliphatic heterocycles. The van der Waals surface area contributed by atoms with Crippen LogP contribution < -0.4 is 0 Å². The Morgan fingerprint density at radius 1 is 0.714 bits per heavy atom. The zero-order valence-corrected chi connectivity index (χ0v) is 9.60. The van der Waals surface area contributed by atoms with Crippen LogP contribution in [0.15, 0.2) is 12.4 Å².